The molecule has 0 unspecified atom stereocenters. The number of piperidine rings is 1. The zero-order valence-corrected chi connectivity index (χ0v) is 19.4. The maximum Gasteiger partial charge on any atom is 0.260 e. The standard InChI is InChI=1S/C27H34N2O4/c1-21-26(31)28-20-27(14-8-7-10-22-9-5-6-13-24(22)33-21)15-17-29(18-16-27)25(30)19-32-23-11-3-2-4-12-23/h2-6,9,11-13,21H,7-8,10,14-20H2,1H3,(H,28,31)/t21-/m1/s1. The van der Waals surface area contributed by atoms with Gasteiger partial charge < -0.3 is 19.7 Å². The lowest BCUT2D eigenvalue weighted by Gasteiger charge is -2.42. The molecule has 1 atom stereocenters. The number of likely N-dealkylation sites (tertiary alicyclic amines) is 1. The van der Waals surface area contributed by atoms with E-state index < -0.39 is 6.10 Å². The first-order chi connectivity index (χ1) is 16.0. The average Bonchev–Trinajstić information content (AvgIpc) is 2.85. The highest BCUT2D eigenvalue weighted by Gasteiger charge is 2.36. The number of carbonyl (C=O) groups is 2. The molecule has 1 spiro atoms. The molecule has 1 N–H and O–H groups in total. The second-order valence-electron chi connectivity index (χ2n) is 9.28. The van der Waals surface area contributed by atoms with E-state index in [0.29, 0.717) is 25.4 Å². The summed E-state index contributed by atoms with van der Waals surface area (Å²) in [5.74, 6) is 1.45. The third kappa shape index (κ3) is 6.06. The van der Waals surface area contributed by atoms with Crippen LogP contribution in [0.4, 0.5) is 0 Å². The summed E-state index contributed by atoms with van der Waals surface area (Å²) in [6.45, 7) is 3.88. The van der Waals surface area contributed by atoms with E-state index in [2.05, 4.69) is 11.4 Å². The lowest BCUT2D eigenvalue weighted by molar-refractivity contribution is -0.136. The number of aryl methyl sites for hydroxylation is 1. The Morgan fingerprint density at radius 2 is 1.79 bits per heavy atom. The van der Waals surface area contributed by atoms with Gasteiger partial charge in [0.15, 0.2) is 12.7 Å². The second kappa shape index (κ2) is 10.7. The van der Waals surface area contributed by atoms with E-state index in [-0.39, 0.29) is 23.8 Å². The molecule has 1 saturated heterocycles. The summed E-state index contributed by atoms with van der Waals surface area (Å²) < 4.78 is 11.6. The molecule has 0 bridgehead atoms. The number of nitrogens with zero attached hydrogens (tertiary/aromatic N) is 1. The minimum Gasteiger partial charge on any atom is -0.484 e. The van der Waals surface area contributed by atoms with Crippen LogP contribution in [-0.2, 0) is 16.0 Å². The lowest BCUT2D eigenvalue weighted by atomic mass is 9.74. The number of benzene rings is 2. The monoisotopic (exact) mass is 450 g/mol. The largest absolute Gasteiger partial charge is 0.484 e. The maximum atomic E-state index is 12.7. The van der Waals surface area contributed by atoms with Crippen molar-refractivity contribution in [3.63, 3.8) is 0 Å². The Kier molecular flexibility index (Phi) is 7.53. The number of hydrogen-bond donors (Lipinski definition) is 1. The van der Waals surface area contributed by atoms with Crippen molar-refractivity contribution >= 4 is 11.8 Å². The van der Waals surface area contributed by atoms with Crippen molar-refractivity contribution in [2.75, 3.05) is 26.2 Å². The van der Waals surface area contributed by atoms with Crippen LogP contribution in [-0.4, -0.2) is 49.1 Å². The van der Waals surface area contributed by atoms with Gasteiger partial charge in [0, 0.05) is 19.6 Å². The third-order valence-electron chi connectivity index (χ3n) is 6.97. The van der Waals surface area contributed by atoms with Crippen LogP contribution in [0, 0.1) is 5.41 Å². The molecule has 4 rings (SSSR count). The van der Waals surface area contributed by atoms with E-state index in [1.165, 1.54) is 0 Å². The zero-order valence-electron chi connectivity index (χ0n) is 19.4. The van der Waals surface area contributed by atoms with Gasteiger partial charge in [-0.1, -0.05) is 42.8 Å². The molecular formula is C27H34N2O4. The van der Waals surface area contributed by atoms with Crippen molar-refractivity contribution in [1.82, 2.24) is 10.2 Å². The fourth-order valence-corrected chi connectivity index (χ4v) is 4.80. The number of carbonyl (C=O) groups excluding carboxylic acids is 2. The van der Waals surface area contributed by atoms with E-state index in [0.717, 1.165) is 49.8 Å². The number of para-hydroxylation sites is 2. The molecule has 1 fully saturated rings. The maximum absolute atomic E-state index is 12.7. The van der Waals surface area contributed by atoms with Gasteiger partial charge in [0.25, 0.3) is 11.8 Å². The van der Waals surface area contributed by atoms with Gasteiger partial charge in [-0.3, -0.25) is 9.59 Å². The van der Waals surface area contributed by atoms with Crippen LogP contribution in [0.2, 0.25) is 0 Å². The highest BCUT2D eigenvalue weighted by atomic mass is 16.5. The predicted molar refractivity (Wildman–Crippen MR) is 127 cm³/mol. The minimum absolute atomic E-state index is 0.0181. The van der Waals surface area contributed by atoms with Gasteiger partial charge in [-0.25, -0.2) is 0 Å². The summed E-state index contributed by atoms with van der Waals surface area (Å²) >= 11 is 0. The highest BCUT2D eigenvalue weighted by Crippen LogP contribution is 2.37. The van der Waals surface area contributed by atoms with E-state index in [1.54, 1.807) is 6.92 Å². The highest BCUT2D eigenvalue weighted by molar-refractivity contribution is 5.81. The normalized spacial score (nSPS) is 21.1. The molecule has 33 heavy (non-hydrogen) atoms. The first kappa shape index (κ1) is 23.1. The first-order valence-electron chi connectivity index (χ1n) is 12.0. The van der Waals surface area contributed by atoms with Crippen LogP contribution in [0.25, 0.3) is 0 Å². The number of ether oxygens (including phenoxy) is 2. The van der Waals surface area contributed by atoms with E-state index in [4.69, 9.17) is 9.47 Å². The lowest BCUT2D eigenvalue weighted by Crippen LogP contribution is -2.50. The molecule has 2 aromatic rings. The second-order valence-corrected chi connectivity index (χ2v) is 9.28. The van der Waals surface area contributed by atoms with Crippen molar-refractivity contribution in [2.45, 2.75) is 51.6 Å². The van der Waals surface area contributed by atoms with Gasteiger partial charge in [0.1, 0.15) is 11.5 Å². The number of fused-ring (bicyclic) bond motifs is 1. The average molecular weight is 451 g/mol. The fraction of sp³-hybridized carbons (Fsp3) is 0.481. The number of amides is 2. The van der Waals surface area contributed by atoms with Crippen LogP contribution in [0.1, 0.15) is 44.6 Å². The van der Waals surface area contributed by atoms with Crippen molar-refractivity contribution < 1.29 is 19.1 Å². The molecule has 2 aliphatic heterocycles. The molecule has 2 amide bonds. The van der Waals surface area contributed by atoms with Gasteiger partial charge in [-0.2, -0.15) is 0 Å². The van der Waals surface area contributed by atoms with Gasteiger partial charge in [0.05, 0.1) is 0 Å². The van der Waals surface area contributed by atoms with E-state index >= 15 is 0 Å². The molecule has 2 aromatic carbocycles. The molecule has 0 radical (unpaired) electrons. The van der Waals surface area contributed by atoms with E-state index in [9.17, 15) is 9.59 Å². The van der Waals surface area contributed by atoms with Crippen LogP contribution in [0.5, 0.6) is 11.5 Å². The summed E-state index contributed by atoms with van der Waals surface area (Å²) in [5, 5.41) is 3.14. The zero-order chi connectivity index (χ0) is 23.1. The Bertz CT molecular complexity index is 938. The SMILES string of the molecule is C[C@H]1Oc2ccccc2CCCCC2(CCN(C(=O)COc3ccccc3)CC2)CNC1=O. The summed E-state index contributed by atoms with van der Waals surface area (Å²) in [5.41, 5.74) is 1.18. The number of nitrogens with one attached hydrogen (secondary N) is 1. The van der Waals surface area contributed by atoms with Crippen LogP contribution < -0.4 is 14.8 Å². The van der Waals surface area contributed by atoms with Gasteiger partial charge in [-0.05, 0) is 68.2 Å². The molecule has 0 aliphatic carbocycles. The van der Waals surface area contributed by atoms with Crippen LogP contribution >= 0.6 is 0 Å². The van der Waals surface area contributed by atoms with Crippen molar-refractivity contribution in [3.8, 4) is 11.5 Å². The topological polar surface area (TPSA) is 67.9 Å². The molecule has 2 heterocycles. The predicted octanol–water partition coefficient (Wildman–Crippen LogP) is 3.98. The fourth-order valence-electron chi connectivity index (χ4n) is 4.80. The Morgan fingerprint density at radius 3 is 2.58 bits per heavy atom. The number of hydrogen-bond acceptors (Lipinski definition) is 4. The number of rotatable bonds is 3. The van der Waals surface area contributed by atoms with Crippen LogP contribution in [0.3, 0.4) is 0 Å². The molecule has 0 aromatic heterocycles. The Balaban J connectivity index is 1.35. The van der Waals surface area contributed by atoms with E-state index in [1.807, 2.05) is 53.4 Å². The van der Waals surface area contributed by atoms with Crippen molar-refractivity contribution in [3.05, 3.63) is 60.2 Å². The Labute approximate surface area is 196 Å². The molecule has 0 saturated carbocycles. The van der Waals surface area contributed by atoms with Crippen LogP contribution in [0.15, 0.2) is 54.6 Å². The smallest absolute Gasteiger partial charge is 0.260 e. The van der Waals surface area contributed by atoms with Gasteiger partial charge >= 0.3 is 0 Å². The Hall–Kier alpha value is -3.02. The molecule has 2 aliphatic rings. The quantitative estimate of drug-likeness (QED) is 0.768. The summed E-state index contributed by atoms with van der Waals surface area (Å²) in [7, 11) is 0. The first-order valence-corrected chi connectivity index (χ1v) is 12.0. The minimum atomic E-state index is -0.542. The summed E-state index contributed by atoms with van der Waals surface area (Å²) in [6.07, 6.45) is 5.39. The summed E-state index contributed by atoms with van der Waals surface area (Å²) in [6, 6.07) is 17.4. The Morgan fingerprint density at radius 1 is 1.06 bits per heavy atom. The van der Waals surface area contributed by atoms with Gasteiger partial charge in [0.2, 0.25) is 0 Å². The third-order valence-corrected chi connectivity index (χ3v) is 6.97. The molecule has 176 valence electrons. The molecular weight excluding hydrogens is 416 g/mol. The molecule has 6 nitrogen and oxygen atoms in total. The van der Waals surface area contributed by atoms with Crippen molar-refractivity contribution in [2.24, 2.45) is 5.41 Å². The summed E-state index contributed by atoms with van der Waals surface area (Å²) in [4.78, 5) is 27.3. The van der Waals surface area contributed by atoms with Crippen molar-refractivity contribution in [1.29, 1.82) is 0 Å². The molecule has 6 heteroatoms. The van der Waals surface area contributed by atoms with Gasteiger partial charge in [-0.15, -0.1) is 0 Å².